The van der Waals surface area contributed by atoms with Crippen LogP contribution in [0.5, 0.6) is 5.75 Å². The van der Waals surface area contributed by atoms with E-state index in [-0.39, 0.29) is 16.5 Å². The molecule has 0 bridgehead atoms. The van der Waals surface area contributed by atoms with Crippen LogP contribution in [0.25, 0.3) is 0 Å². The maximum Gasteiger partial charge on any atom is 0.264 e. The largest absolute Gasteiger partial charge is 0.493 e. The van der Waals surface area contributed by atoms with Gasteiger partial charge in [0.15, 0.2) is 0 Å². The SMILES string of the molecule is O=C(NSC1CC1)c1cc(C2CC2)c(OCC2CCN(Sc3ccc(F)c(Cl)c3)CC2)cc1F. The summed E-state index contributed by atoms with van der Waals surface area (Å²) in [7, 11) is 0. The average Bonchev–Trinajstić information content (AvgIpc) is 3.74. The number of nitrogens with zero attached hydrogens (tertiary/aromatic N) is 1. The number of amides is 1. The molecular formula is C25H27ClF2N2O2S2. The van der Waals surface area contributed by atoms with Crippen molar-refractivity contribution in [1.82, 2.24) is 9.03 Å². The molecule has 0 atom stereocenters. The van der Waals surface area contributed by atoms with E-state index in [2.05, 4.69) is 9.03 Å². The number of halogens is 3. The molecule has 4 nitrogen and oxygen atoms in total. The highest BCUT2D eigenvalue weighted by Crippen LogP contribution is 2.45. The fourth-order valence-corrected chi connectivity index (χ4v) is 6.01. The molecule has 1 amide bonds. The second-order valence-corrected chi connectivity index (χ2v) is 11.9. The minimum atomic E-state index is -0.530. The third-order valence-corrected chi connectivity index (χ3v) is 8.86. The van der Waals surface area contributed by atoms with Gasteiger partial charge in [-0.05, 0) is 104 Å². The Bertz CT molecular complexity index is 1060. The lowest BCUT2D eigenvalue weighted by atomic mass is 9.99. The van der Waals surface area contributed by atoms with Crippen LogP contribution in [0, 0.1) is 17.6 Å². The Hall–Kier alpha value is -1.48. The molecule has 2 aromatic rings. The first-order valence-electron chi connectivity index (χ1n) is 11.8. The summed E-state index contributed by atoms with van der Waals surface area (Å²) in [6, 6.07) is 7.87. The molecule has 1 heterocycles. The van der Waals surface area contributed by atoms with Gasteiger partial charge in [-0.2, -0.15) is 0 Å². The first-order valence-corrected chi connectivity index (χ1v) is 13.8. The van der Waals surface area contributed by atoms with Crippen molar-refractivity contribution in [1.29, 1.82) is 0 Å². The van der Waals surface area contributed by atoms with Crippen LogP contribution in [-0.4, -0.2) is 35.2 Å². The lowest BCUT2D eigenvalue weighted by Gasteiger charge is -2.31. The van der Waals surface area contributed by atoms with Gasteiger partial charge in [-0.25, -0.2) is 13.1 Å². The fraction of sp³-hybridized carbons (Fsp3) is 0.480. The predicted octanol–water partition coefficient (Wildman–Crippen LogP) is 6.83. The number of carbonyl (C=O) groups excluding carboxylic acids is 1. The Kier molecular flexibility index (Phi) is 7.58. The van der Waals surface area contributed by atoms with Crippen molar-refractivity contribution in [2.45, 2.75) is 54.6 Å². The molecule has 2 aromatic carbocycles. The second kappa shape index (κ2) is 10.6. The Balaban J connectivity index is 1.15. The molecule has 2 aliphatic carbocycles. The Morgan fingerprint density at radius 3 is 2.50 bits per heavy atom. The highest BCUT2D eigenvalue weighted by Gasteiger charge is 2.31. The highest BCUT2D eigenvalue weighted by atomic mass is 35.5. The Morgan fingerprint density at radius 1 is 1.06 bits per heavy atom. The average molecular weight is 525 g/mol. The Labute approximate surface area is 212 Å². The van der Waals surface area contributed by atoms with E-state index in [0.717, 1.165) is 62.1 Å². The summed E-state index contributed by atoms with van der Waals surface area (Å²) in [6.07, 6.45) is 6.22. The van der Waals surface area contributed by atoms with Crippen molar-refractivity contribution in [3.05, 3.63) is 58.1 Å². The summed E-state index contributed by atoms with van der Waals surface area (Å²) in [5, 5.41) is 0.605. The third-order valence-electron chi connectivity index (χ3n) is 6.38. The molecule has 0 aromatic heterocycles. The van der Waals surface area contributed by atoms with Crippen LogP contribution < -0.4 is 9.46 Å². The molecule has 34 heavy (non-hydrogen) atoms. The van der Waals surface area contributed by atoms with Crippen LogP contribution in [-0.2, 0) is 0 Å². The van der Waals surface area contributed by atoms with Gasteiger partial charge in [-0.1, -0.05) is 11.6 Å². The number of ether oxygens (including phenoxy) is 1. The van der Waals surface area contributed by atoms with Crippen LogP contribution in [0.4, 0.5) is 8.78 Å². The van der Waals surface area contributed by atoms with Crippen LogP contribution in [0.15, 0.2) is 35.2 Å². The van der Waals surface area contributed by atoms with E-state index in [0.29, 0.717) is 29.4 Å². The number of piperidine rings is 1. The molecule has 9 heteroatoms. The molecule has 5 rings (SSSR count). The minimum absolute atomic E-state index is 0.105. The monoisotopic (exact) mass is 524 g/mol. The molecule has 1 N–H and O–H groups in total. The van der Waals surface area contributed by atoms with Gasteiger partial charge in [-0.15, -0.1) is 0 Å². The Morgan fingerprint density at radius 2 is 1.82 bits per heavy atom. The number of hydrogen-bond donors (Lipinski definition) is 1. The van der Waals surface area contributed by atoms with Crippen LogP contribution in [0.2, 0.25) is 5.02 Å². The van der Waals surface area contributed by atoms with Gasteiger partial charge in [-0.3, -0.25) is 9.52 Å². The van der Waals surface area contributed by atoms with E-state index in [1.165, 1.54) is 24.1 Å². The summed E-state index contributed by atoms with van der Waals surface area (Å²) in [4.78, 5) is 13.4. The molecule has 3 fully saturated rings. The summed E-state index contributed by atoms with van der Waals surface area (Å²) >= 11 is 8.87. The summed E-state index contributed by atoms with van der Waals surface area (Å²) in [5.41, 5.74) is 1.05. The number of hydrogen-bond acceptors (Lipinski definition) is 5. The van der Waals surface area contributed by atoms with Crippen molar-refractivity contribution in [2.75, 3.05) is 19.7 Å². The lowest BCUT2D eigenvalue weighted by molar-refractivity contribution is 0.0980. The van der Waals surface area contributed by atoms with Crippen LogP contribution in [0.1, 0.15) is 60.4 Å². The number of benzene rings is 2. The molecular weight excluding hydrogens is 498 g/mol. The first-order chi connectivity index (χ1) is 16.5. The molecule has 0 radical (unpaired) electrons. The van der Waals surface area contributed by atoms with Gasteiger partial charge < -0.3 is 4.74 Å². The van der Waals surface area contributed by atoms with Crippen LogP contribution in [0.3, 0.4) is 0 Å². The van der Waals surface area contributed by atoms with Crippen LogP contribution >= 0.6 is 35.5 Å². The zero-order valence-corrected chi connectivity index (χ0v) is 21.1. The van der Waals surface area contributed by atoms with Crippen molar-refractivity contribution in [3.63, 3.8) is 0 Å². The zero-order valence-electron chi connectivity index (χ0n) is 18.7. The summed E-state index contributed by atoms with van der Waals surface area (Å²) in [5.74, 6) is -0.00724. The zero-order chi connectivity index (χ0) is 23.7. The van der Waals surface area contributed by atoms with Crippen molar-refractivity contribution < 1.29 is 18.3 Å². The topological polar surface area (TPSA) is 41.6 Å². The van der Waals surface area contributed by atoms with Crippen molar-refractivity contribution in [3.8, 4) is 5.75 Å². The number of rotatable bonds is 9. The van der Waals surface area contributed by atoms with Gasteiger partial charge in [0, 0.05) is 29.3 Å². The number of nitrogens with one attached hydrogen (secondary N) is 1. The van der Waals surface area contributed by atoms with E-state index >= 15 is 0 Å². The molecule has 3 aliphatic rings. The first kappa shape index (κ1) is 24.2. The van der Waals surface area contributed by atoms with E-state index in [1.807, 2.05) is 0 Å². The normalized spacial score (nSPS) is 19.3. The van der Waals surface area contributed by atoms with Crippen molar-refractivity contribution >= 4 is 41.4 Å². The predicted molar refractivity (Wildman–Crippen MR) is 134 cm³/mol. The van der Waals surface area contributed by atoms with E-state index < -0.39 is 11.6 Å². The minimum Gasteiger partial charge on any atom is -0.493 e. The molecule has 1 aliphatic heterocycles. The summed E-state index contributed by atoms with van der Waals surface area (Å²) in [6.45, 7) is 2.30. The van der Waals surface area contributed by atoms with E-state index in [4.69, 9.17) is 16.3 Å². The highest BCUT2D eigenvalue weighted by molar-refractivity contribution is 7.98. The summed E-state index contributed by atoms with van der Waals surface area (Å²) < 4.78 is 39.3. The number of carbonyl (C=O) groups is 1. The van der Waals surface area contributed by atoms with E-state index in [1.54, 1.807) is 30.1 Å². The molecule has 0 spiro atoms. The van der Waals surface area contributed by atoms with E-state index in [9.17, 15) is 13.6 Å². The van der Waals surface area contributed by atoms with Gasteiger partial charge in [0.2, 0.25) is 0 Å². The maximum absolute atomic E-state index is 14.8. The molecule has 0 unspecified atom stereocenters. The van der Waals surface area contributed by atoms with Gasteiger partial charge in [0.1, 0.15) is 17.4 Å². The third kappa shape index (κ3) is 6.20. The fourth-order valence-electron chi connectivity index (χ4n) is 4.02. The molecule has 1 saturated heterocycles. The van der Waals surface area contributed by atoms with Gasteiger partial charge in [0.25, 0.3) is 5.91 Å². The van der Waals surface area contributed by atoms with Gasteiger partial charge >= 0.3 is 0 Å². The second-order valence-electron chi connectivity index (χ2n) is 9.24. The molecule has 182 valence electrons. The van der Waals surface area contributed by atoms with Gasteiger partial charge in [0.05, 0.1) is 17.2 Å². The molecule has 2 saturated carbocycles. The van der Waals surface area contributed by atoms with Crippen molar-refractivity contribution in [2.24, 2.45) is 5.92 Å². The quantitative estimate of drug-likeness (QED) is 0.364. The lowest BCUT2D eigenvalue weighted by Crippen LogP contribution is -2.31. The maximum atomic E-state index is 14.8. The smallest absolute Gasteiger partial charge is 0.264 e. The standard InChI is InChI=1S/C25H27ClF2N2O2S2/c26-21-11-18(5-6-22(21)27)34-30-9-7-15(8-10-30)14-32-24-13-23(28)20(12-19(24)16-1-2-16)25(31)29-33-17-3-4-17/h5-6,11-13,15-17H,1-4,7-10,14H2,(H,29,31).